The minimum Gasteiger partial charge on any atom is -0.493 e. The normalized spacial score (nSPS) is 20.0. The molecular weight excluding hydrogens is 398 g/mol. The molecule has 152 valence electrons. The van der Waals surface area contributed by atoms with Crippen LogP contribution in [0.3, 0.4) is 0 Å². The molecule has 1 N–H and O–H groups in total. The smallest absolute Gasteiger partial charge is 0.257 e. The molecule has 2 atom stereocenters. The summed E-state index contributed by atoms with van der Waals surface area (Å²) in [4.78, 5) is 19.6. The van der Waals surface area contributed by atoms with Gasteiger partial charge < -0.3 is 9.47 Å². The molecule has 0 unspecified atom stereocenters. The summed E-state index contributed by atoms with van der Waals surface area (Å²) in [5.74, 6) is 1.94. The molecule has 1 aliphatic heterocycles. The van der Waals surface area contributed by atoms with Crippen molar-refractivity contribution < 1.29 is 14.3 Å². The predicted octanol–water partition coefficient (Wildman–Crippen LogP) is 4.54. The number of methoxy groups -OCH3 is 2. The van der Waals surface area contributed by atoms with Crippen LogP contribution in [0.1, 0.15) is 36.3 Å². The highest BCUT2D eigenvalue weighted by Gasteiger charge is 2.22. The fourth-order valence-electron chi connectivity index (χ4n) is 3.81. The van der Waals surface area contributed by atoms with E-state index in [2.05, 4.69) is 29.0 Å². The van der Waals surface area contributed by atoms with Crippen LogP contribution in [0.4, 0.5) is 5.13 Å². The number of halogens is 1. The number of amides is 1. The molecule has 3 rings (SSSR count). The molecule has 1 aromatic carbocycles. The Kier molecular flexibility index (Phi) is 6.80. The Hall–Kier alpha value is -1.83. The van der Waals surface area contributed by atoms with Gasteiger partial charge in [-0.3, -0.25) is 15.0 Å². The van der Waals surface area contributed by atoms with E-state index in [-0.39, 0.29) is 5.91 Å². The van der Waals surface area contributed by atoms with Crippen molar-refractivity contribution in [1.29, 1.82) is 0 Å². The molecule has 0 aliphatic carbocycles. The Bertz CT molecular complexity index is 832. The summed E-state index contributed by atoms with van der Waals surface area (Å²) in [6.45, 7) is 7.58. The second-order valence-corrected chi connectivity index (χ2v) is 8.70. The number of aromatic nitrogens is 1. The third-order valence-corrected chi connectivity index (χ3v) is 5.89. The molecule has 1 saturated heterocycles. The van der Waals surface area contributed by atoms with E-state index in [1.165, 1.54) is 32.0 Å². The van der Waals surface area contributed by atoms with Gasteiger partial charge in [-0.2, -0.15) is 0 Å². The van der Waals surface area contributed by atoms with Gasteiger partial charge in [0.25, 0.3) is 5.91 Å². The first-order chi connectivity index (χ1) is 13.4. The highest BCUT2D eigenvalue weighted by atomic mass is 35.5. The highest BCUT2D eigenvalue weighted by molar-refractivity contribution is 7.14. The van der Waals surface area contributed by atoms with Crippen LogP contribution in [0.15, 0.2) is 17.5 Å². The molecule has 0 radical (unpaired) electrons. The average molecular weight is 424 g/mol. The van der Waals surface area contributed by atoms with E-state index < -0.39 is 0 Å². The second-order valence-electron chi connectivity index (χ2n) is 7.43. The zero-order valence-electron chi connectivity index (χ0n) is 16.6. The summed E-state index contributed by atoms with van der Waals surface area (Å²) >= 11 is 7.62. The van der Waals surface area contributed by atoms with E-state index in [4.69, 9.17) is 21.1 Å². The van der Waals surface area contributed by atoms with Crippen molar-refractivity contribution in [2.45, 2.75) is 26.8 Å². The molecule has 6 nitrogen and oxygen atoms in total. The van der Waals surface area contributed by atoms with Gasteiger partial charge in [-0.15, -0.1) is 11.3 Å². The van der Waals surface area contributed by atoms with Crippen LogP contribution in [-0.4, -0.2) is 43.1 Å². The van der Waals surface area contributed by atoms with E-state index in [0.29, 0.717) is 39.1 Å². The van der Waals surface area contributed by atoms with Crippen molar-refractivity contribution in [1.82, 2.24) is 9.88 Å². The first-order valence-corrected chi connectivity index (χ1v) is 10.5. The lowest BCUT2D eigenvalue weighted by Crippen LogP contribution is -2.38. The van der Waals surface area contributed by atoms with E-state index >= 15 is 0 Å². The minimum absolute atomic E-state index is 0.288. The van der Waals surface area contributed by atoms with E-state index in [1.54, 1.807) is 12.1 Å². The number of thiazole rings is 1. The van der Waals surface area contributed by atoms with Gasteiger partial charge >= 0.3 is 0 Å². The summed E-state index contributed by atoms with van der Waals surface area (Å²) < 4.78 is 10.5. The predicted molar refractivity (Wildman–Crippen MR) is 113 cm³/mol. The molecule has 0 bridgehead atoms. The Labute approximate surface area is 174 Å². The topological polar surface area (TPSA) is 63.7 Å². The Morgan fingerprint density at radius 2 is 2.00 bits per heavy atom. The van der Waals surface area contributed by atoms with Crippen LogP contribution in [0.5, 0.6) is 11.5 Å². The van der Waals surface area contributed by atoms with Crippen LogP contribution in [0.2, 0.25) is 5.02 Å². The SMILES string of the molecule is COc1cc(C(=O)Nc2nc(CN3C[C@H](C)C[C@@H](C)C3)cs2)cc(Cl)c1OC. The maximum Gasteiger partial charge on any atom is 0.257 e. The van der Waals surface area contributed by atoms with Gasteiger partial charge in [-0.1, -0.05) is 25.4 Å². The van der Waals surface area contributed by atoms with Crippen molar-refractivity contribution in [3.05, 3.63) is 33.8 Å². The number of carbonyl (C=O) groups is 1. The lowest BCUT2D eigenvalue weighted by atomic mass is 9.92. The zero-order valence-corrected chi connectivity index (χ0v) is 18.2. The number of nitrogens with one attached hydrogen (secondary N) is 1. The van der Waals surface area contributed by atoms with E-state index in [9.17, 15) is 4.79 Å². The largest absolute Gasteiger partial charge is 0.493 e. The number of likely N-dealkylation sites (tertiary alicyclic amines) is 1. The van der Waals surface area contributed by atoms with Crippen LogP contribution in [0.25, 0.3) is 0 Å². The summed E-state index contributed by atoms with van der Waals surface area (Å²) in [7, 11) is 3.01. The Balaban J connectivity index is 1.66. The molecule has 2 heterocycles. The maximum atomic E-state index is 12.6. The molecule has 1 aliphatic rings. The summed E-state index contributed by atoms with van der Waals surface area (Å²) in [6.07, 6.45) is 1.28. The lowest BCUT2D eigenvalue weighted by Gasteiger charge is -2.34. The molecular formula is C20H26ClN3O3S. The highest BCUT2D eigenvalue weighted by Crippen LogP contribution is 2.36. The quantitative estimate of drug-likeness (QED) is 0.738. The number of benzene rings is 1. The van der Waals surface area contributed by atoms with Crippen LogP contribution >= 0.6 is 22.9 Å². The van der Waals surface area contributed by atoms with Gasteiger partial charge in [-0.25, -0.2) is 4.98 Å². The van der Waals surface area contributed by atoms with Gasteiger partial charge in [0.2, 0.25) is 0 Å². The first-order valence-electron chi connectivity index (χ1n) is 9.29. The van der Waals surface area contributed by atoms with Crippen LogP contribution < -0.4 is 14.8 Å². The maximum absolute atomic E-state index is 12.6. The van der Waals surface area contributed by atoms with Crippen LogP contribution in [0, 0.1) is 11.8 Å². The molecule has 0 spiro atoms. The molecule has 1 amide bonds. The third kappa shape index (κ3) is 4.96. The fourth-order valence-corrected chi connectivity index (χ4v) is 4.79. The number of hydrogen-bond acceptors (Lipinski definition) is 6. The van der Waals surface area contributed by atoms with Crippen molar-refractivity contribution in [2.24, 2.45) is 11.8 Å². The zero-order chi connectivity index (χ0) is 20.3. The number of piperidine rings is 1. The number of nitrogens with zero attached hydrogens (tertiary/aromatic N) is 2. The third-order valence-electron chi connectivity index (χ3n) is 4.80. The van der Waals surface area contributed by atoms with Crippen molar-refractivity contribution >= 4 is 34.0 Å². The van der Waals surface area contributed by atoms with E-state index in [1.807, 2.05) is 5.38 Å². The Morgan fingerprint density at radius 3 is 2.64 bits per heavy atom. The first kappa shape index (κ1) is 20.9. The van der Waals surface area contributed by atoms with Crippen molar-refractivity contribution in [3.63, 3.8) is 0 Å². The molecule has 1 aromatic heterocycles. The number of carbonyl (C=O) groups excluding carboxylic acids is 1. The van der Waals surface area contributed by atoms with Crippen LogP contribution in [-0.2, 0) is 6.54 Å². The molecule has 8 heteroatoms. The van der Waals surface area contributed by atoms with Gasteiger partial charge in [0, 0.05) is 30.6 Å². The number of anilines is 1. The second kappa shape index (κ2) is 9.11. The minimum atomic E-state index is -0.288. The lowest BCUT2D eigenvalue weighted by molar-refractivity contribution is 0.102. The number of rotatable bonds is 6. The van der Waals surface area contributed by atoms with Gasteiger partial charge in [-0.05, 0) is 30.4 Å². The van der Waals surface area contributed by atoms with Crippen molar-refractivity contribution in [3.8, 4) is 11.5 Å². The number of hydrogen-bond donors (Lipinski definition) is 1. The fraction of sp³-hybridized carbons (Fsp3) is 0.500. The Morgan fingerprint density at radius 1 is 1.29 bits per heavy atom. The summed E-state index contributed by atoms with van der Waals surface area (Å²) in [6, 6.07) is 3.16. The molecule has 28 heavy (non-hydrogen) atoms. The molecule has 2 aromatic rings. The molecule has 1 fully saturated rings. The standard InChI is InChI=1S/C20H26ClN3O3S/c1-12-5-13(2)9-24(8-12)10-15-11-28-20(22-15)23-19(25)14-6-16(21)18(27-4)17(7-14)26-3/h6-7,11-13H,5,8-10H2,1-4H3,(H,22,23,25)/t12-,13-/m1/s1. The monoisotopic (exact) mass is 423 g/mol. The van der Waals surface area contributed by atoms with Gasteiger partial charge in [0.05, 0.1) is 24.9 Å². The summed E-state index contributed by atoms with van der Waals surface area (Å²) in [5.41, 5.74) is 1.37. The summed E-state index contributed by atoms with van der Waals surface area (Å²) in [5, 5.41) is 5.74. The van der Waals surface area contributed by atoms with Crippen molar-refractivity contribution in [2.75, 3.05) is 32.6 Å². The van der Waals surface area contributed by atoms with E-state index in [0.717, 1.165) is 25.3 Å². The van der Waals surface area contributed by atoms with Gasteiger partial charge in [0.15, 0.2) is 16.6 Å². The molecule has 0 saturated carbocycles. The average Bonchev–Trinajstić information content (AvgIpc) is 3.06. The number of ether oxygens (including phenoxy) is 2. The van der Waals surface area contributed by atoms with Gasteiger partial charge in [0.1, 0.15) is 0 Å².